The highest BCUT2D eigenvalue weighted by molar-refractivity contribution is 6.34. The van der Waals surface area contributed by atoms with Crippen LogP contribution in [0.4, 0.5) is 5.69 Å². The van der Waals surface area contributed by atoms with Crippen molar-refractivity contribution in [1.29, 1.82) is 0 Å². The van der Waals surface area contributed by atoms with E-state index in [4.69, 9.17) is 11.6 Å². The number of amides is 2. The van der Waals surface area contributed by atoms with Crippen LogP contribution in [0.15, 0.2) is 36.9 Å². The molecular weight excluding hydrogens is 328 g/mol. The highest BCUT2D eigenvalue weighted by atomic mass is 35.5. The smallest absolute Gasteiger partial charge is 0.251 e. The maximum absolute atomic E-state index is 12.5. The number of nitrogens with one attached hydrogen (secondary N) is 1. The summed E-state index contributed by atoms with van der Waals surface area (Å²) < 4.78 is 1.90. The Labute approximate surface area is 145 Å². The average molecular weight is 347 g/mol. The Balaban J connectivity index is 1.71. The molecule has 1 fully saturated rings. The molecule has 24 heavy (non-hydrogen) atoms. The highest BCUT2D eigenvalue weighted by Gasteiger charge is 2.24. The van der Waals surface area contributed by atoms with Crippen LogP contribution in [0.25, 0.3) is 0 Å². The third-order valence-electron chi connectivity index (χ3n) is 3.99. The first kappa shape index (κ1) is 16.5. The van der Waals surface area contributed by atoms with E-state index < -0.39 is 0 Å². The van der Waals surface area contributed by atoms with Gasteiger partial charge in [0.05, 0.1) is 17.0 Å². The lowest BCUT2D eigenvalue weighted by Crippen LogP contribution is -2.35. The fourth-order valence-corrected chi connectivity index (χ4v) is 3.05. The van der Waals surface area contributed by atoms with E-state index in [0.29, 0.717) is 35.8 Å². The molecule has 2 heterocycles. The molecule has 1 N–H and O–H groups in total. The van der Waals surface area contributed by atoms with E-state index >= 15 is 0 Å². The lowest BCUT2D eigenvalue weighted by Gasteiger charge is -2.19. The van der Waals surface area contributed by atoms with E-state index in [1.54, 1.807) is 35.6 Å². The number of hydrogen-bond acceptors (Lipinski definition) is 3. The molecule has 1 aromatic carbocycles. The van der Waals surface area contributed by atoms with Crippen LogP contribution in [0.5, 0.6) is 0 Å². The number of carbonyl (C=O) groups is 2. The Kier molecular flexibility index (Phi) is 4.85. The zero-order valence-corrected chi connectivity index (χ0v) is 14.2. The summed E-state index contributed by atoms with van der Waals surface area (Å²) >= 11 is 6.21. The third kappa shape index (κ3) is 3.59. The minimum absolute atomic E-state index is 0.0444. The molecule has 126 valence electrons. The Hall–Kier alpha value is -2.34. The molecule has 1 aliphatic heterocycles. The van der Waals surface area contributed by atoms with Crippen LogP contribution in [0.1, 0.15) is 30.1 Å². The van der Waals surface area contributed by atoms with Gasteiger partial charge in [0.25, 0.3) is 5.91 Å². The van der Waals surface area contributed by atoms with Crippen LogP contribution in [0.3, 0.4) is 0 Å². The number of anilines is 1. The molecule has 2 aromatic rings. The summed E-state index contributed by atoms with van der Waals surface area (Å²) in [6, 6.07) is 4.97. The van der Waals surface area contributed by atoms with Crippen LogP contribution in [0.2, 0.25) is 5.02 Å². The monoisotopic (exact) mass is 346 g/mol. The van der Waals surface area contributed by atoms with Crippen LogP contribution < -0.4 is 10.2 Å². The molecular formula is C17H19ClN4O2. The van der Waals surface area contributed by atoms with Crippen molar-refractivity contribution in [2.45, 2.75) is 32.4 Å². The molecule has 7 heteroatoms. The molecule has 6 nitrogen and oxygen atoms in total. The number of aromatic nitrogens is 2. The van der Waals surface area contributed by atoms with Crippen LogP contribution >= 0.6 is 11.6 Å². The molecule has 1 aromatic heterocycles. The minimum atomic E-state index is -0.188. The fourth-order valence-electron chi connectivity index (χ4n) is 2.83. The van der Waals surface area contributed by atoms with Gasteiger partial charge in [-0.25, -0.2) is 4.98 Å². The molecule has 2 amide bonds. The lowest BCUT2D eigenvalue weighted by molar-refractivity contribution is -0.117. The predicted molar refractivity (Wildman–Crippen MR) is 92.2 cm³/mol. The van der Waals surface area contributed by atoms with E-state index in [-0.39, 0.29) is 17.9 Å². The van der Waals surface area contributed by atoms with Crippen molar-refractivity contribution in [1.82, 2.24) is 14.9 Å². The van der Waals surface area contributed by atoms with Gasteiger partial charge >= 0.3 is 0 Å². The Bertz CT molecular complexity index is 745. The number of carbonyl (C=O) groups excluding carboxylic acids is 2. The first-order valence-corrected chi connectivity index (χ1v) is 8.29. The normalized spacial score (nSPS) is 15.6. The third-order valence-corrected chi connectivity index (χ3v) is 4.31. The second kappa shape index (κ2) is 7.05. The molecule has 3 rings (SSSR count). The zero-order valence-electron chi connectivity index (χ0n) is 13.4. The second-order valence-corrected chi connectivity index (χ2v) is 6.36. The molecule has 0 spiro atoms. The highest BCUT2D eigenvalue weighted by Crippen LogP contribution is 2.30. The molecule has 0 saturated carbocycles. The summed E-state index contributed by atoms with van der Waals surface area (Å²) in [5.41, 5.74) is 1.10. The van der Waals surface area contributed by atoms with Crippen LogP contribution in [-0.2, 0) is 11.3 Å². The van der Waals surface area contributed by atoms with Gasteiger partial charge in [-0.05, 0) is 31.5 Å². The van der Waals surface area contributed by atoms with Crippen molar-refractivity contribution in [2.24, 2.45) is 0 Å². The summed E-state index contributed by atoms with van der Waals surface area (Å²) in [5.74, 6) is -0.143. The van der Waals surface area contributed by atoms with E-state index in [9.17, 15) is 9.59 Å². The first-order chi connectivity index (χ1) is 11.5. The average Bonchev–Trinajstić information content (AvgIpc) is 3.19. The number of halogens is 1. The summed E-state index contributed by atoms with van der Waals surface area (Å²) in [4.78, 5) is 30.0. The second-order valence-electron chi connectivity index (χ2n) is 5.95. The molecule has 0 radical (unpaired) electrons. The molecule has 1 aliphatic rings. The van der Waals surface area contributed by atoms with Gasteiger partial charge in [0, 0.05) is 43.5 Å². The summed E-state index contributed by atoms with van der Waals surface area (Å²) in [6.45, 7) is 3.20. The number of imidazole rings is 1. The summed E-state index contributed by atoms with van der Waals surface area (Å²) in [7, 11) is 0. The van der Waals surface area contributed by atoms with Crippen molar-refractivity contribution in [3.05, 3.63) is 47.5 Å². The molecule has 0 unspecified atom stereocenters. The van der Waals surface area contributed by atoms with Gasteiger partial charge in [0.1, 0.15) is 0 Å². The molecule has 0 bridgehead atoms. The quantitative estimate of drug-likeness (QED) is 0.904. The fraction of sp³-hybridized carbons (Fsp3) is 0.353. The lowest BCUT2D eigenvalue weighted by atomic mass is 10.1. The largest absolute Gasteiger partial charge is 0.348 e. The SMILES string of the molecule is C[C@@H](Cn1ccnc1)NC(=O)c1ccc(Cl)c(N2CCCC2=O)c1. The number of benzene rings is 1. The zero-order chi connectivity index (χ0) is 17.1. The van der Waals surface area contributed by atoms with Gasteiger partial charge in [-0.1, -0.05) is 11.6 Å². The molecule has 0 aliphatic carbocycles. The van der Waals surface area contributed by atoms with Crippen molar-refractivity contribution in [3.8, 4) is 0 Å². The Morgan fingerprint density at radius 2 is 2.29 bits per heavy atom. The molecule has 1 atom stereocenters. The maximum Gasteiger partial charge on any atom is 0.251 e. The van der Waals surface area contributed by atoms with E-state index in [1.807, 2.05) is 17.7 Å². The van der Waals surface area contributed by atoms with Gasteiger partial charge in [-0.3, -0.25) is 9.59 Å². The van der Waals surface area contributed by atoms with Gasteiger partial charge in [0.15, 0.2) is 0 Å². The van der Waals surface area contributed by atoms with Crippen molar-refractivity contribution in [2.75, 3.05) is 11.4 Å². The van der Waals surface area contributed by atoms with Crippen molar-refractivity contribution >= 4 is 29.1 Å². The standard InChI is InChI=1S/C17H19ClN4O2/c1-12(10-21-8-6-19-11-21)20-17(24)13-4-5-14(18)15(9-13)22-7-2-3-16(22)23/h4-6,8-9,11-12H,2-3,7,10H2,1H3,(H,20,24)/t12-/m0/s1. The van der Waals surface area contributed by atoms with E-state index in [2.05, 4.69) is 10.3 Å². The van der Waals surface area contributed by atoms with Gasteiger partial charge in [0.2, 0.25) is 5.91 Å². The predicted octanol–water partition coefficient (Wildman–Crippen LogP) is 2.48. The van der Waals surface area contributed by atoms with Gasteiger partial charge in [-0.15, -0.1) is 0 Å². The first-order valence-electron chi connectivity index (χ1n) is 7.91. The number of rotatable bonds is 5. The summed E-state index contributed by atoms with van der Waals surface area (Å²) in [6.07, 6.45) is 6.60. The van der Waals surface area contributed by atoms with Gasteiger partial charge < -0.3 is 14.8 Å². The van der Waals surface area contributed by atoms with Crippen LogP contribution in [0, 0.1) is 0 Å². The minimum Gasteiger partial charge on any atom is -0.348 e. The van der Waals surface area contributed by atoms with Crippen LogP contribution in [-0.4, -0.2) is 34.0 Å². The Morgan fingerprint density at radius 3 is 2.96 bits per heavy atom. The van der Waals surface area contributed by atoms with Crippen molar-refractivity contribution in [3.63, 3.8) is 0 Å². The van der Waals surface area contributed by atoms with E-state index in [1.165, 1.54) is 0 Å². The van der Waals surface area contributed by atoms with Gasteiger partial charge in [-0.2, -0.15) is 0 Å². The molecule has 1 saturated heterocycles. The maximum atomic E-state index is 12.5. The summed E-state index contributed by atoms with van der Waals surface area (Å²) in [5, 5.41) is 3.43. The topological polar surface area (TPSA) is 67.2 Å². The Morgan fingerprint density at radius 1 is 1.46 bits per heavy atom. The van der Waals surface area contributed by atoms with E-state index in [0.717, 1.165) is 6.42 Å². The van der Waals surface area contributed by atoms with Crippen molar-refractivity contribution < 1.29 is 9.59 Å². The number of hydrogen-bond donors (Lipinski definition) is 1. The number of nitrogens with zero attached hydrogens (tertiary/aromatic N) is 3.